The average Bonchev–Trinajstić information content (AvgIpc) is 3.11. The number of carbonyl (C=O) groups excluding carboxylic acids is 1. The van der Waals surface area contributed by atoms with E-state index >= 15 is 0 Å². The van der Waals surface area contributed by atoms with E-state index in [9.17, 15) is 4.79 Å². The molecule has 0 aliphatic carbocycles. The van der Waals surface area contributed by atoms with E-state index in [1.54, 1.807) is 30.4 Å². The third-order valence-corrected chi connectivity index (χ3v) is 3.82. The first-order valence-corrected chi connectivity index (χ1v) is 8.13. The minimum atomic E-state index is -0.122. The molecule has 7 heteroatoms. The SMILES string of the molecule is CN(CCc1ccncc1)C(=O)NCCOc1ccc2c(c1)OCO2. The highest BCUT2D eigenvalue weighted by Crippen LogP contribution is 2.34. The summed E-state index contributed by atoms with van der Waals surface area (Å²) in [6.45, 7) is 1.68. The number of hydrogen-bond acceptors (Lipinski definition) is 5. The van der Waals surface area contributed by atoms with Gasteiger partial charge in [-0.05, 0) is 36.2 Å². The van der Waals surface area contributed by atoms with Gasteiger partial charge in [0.15, 0.2) is 11.5 Å². The summed E-state index contributed by atoms with van der Waals surface area (Å²) in [6, 6.07) is 9.18. The van der Waals surface area contributed by atoms with Gasteiger partial charge >= 0.3 is 6.03 Å². The number of urea groups is 1. The summed E-state index contributed by atoms with van der Waals surface area (Å²) in [5.74, 6) is 2.08. The molecule has 0 bridgehead atoms. The summed E-state index contributed by atoms with van der Waals surface area (Å²) in [4.78, 5) is 17.7. The van der Waals surface area contributed by atoms with Gasteiger partial charge in [-0.25, -0.2) is 4.79 Å². The number of nitrogens with one attached hydrogen (secondary N) is 1. The summed E-state index contributed by atoms with van der Waals surface area (Å²) in [5.41, 5.74) is 1.15. The predicted octanol–water partition coefficient (Wildman–Crippen LogP) is 2.07. The zero-order valence-electron chi connectivity index (χ0n) is 14.1. The number of ether oxygens (including phenoxy) is 3. The Morgan fingerprint density at radius 1 is 1.24 bits per heavy atom. The van der Waals surface area contributed by atoms with E-state index in [1.807, 2.05) is 24.3 Å². The van der Waals surface area contributed by atoms with Crippen molar-refractivity contribution >= 4 is 6.03 Å². The molecule has 2 amide bonds. The minimum Gasteiger partial charge on any atom is -0.492 e. The molecule has 3 rings (SSSR count). The number of benzene rings is 1. The van der Waals surface area contributed by atoms with Crippen molar-refractivity contribution in [3.63, 3.8) is 0 Å². The molecule has 0 saturated heterocycles. The maximum Gasteiger partial charge on any atom is 0.317 e. The Morgan fingerprint density at radius 3 is 2.88 bits per heavy atom. The fourth-order valence-electron chi connectivity index (χ4n) is 2.38. The molecule has 2 heterocycles. The molecule has 1 aromatic heterocycles. The molecule has 0 saturated carbocycles. The topological polar surface area (TPSA) is 72.9 Å². The largest absolute Gasteiger partial charge is 0.492 e. The fraction of sp³-hybridized carbons (Fsp3) is 0.333. The van der Waals surface area contributed by atoms with Crippen molar-refractivity contribution in [2.45, 2.75) is 6.42 Å². The lowest BCUT2D eigenvalue weighted by Crippen LogP contribution is -2.40. The highest BCUT2D eigenvalue weighted by molar-refractivity contribution is 5.73. The van der Waals surface area contributed by atoms with Gasteiger partial charge < -0.3 is 24.4 Å². The molecule has 0 unspecified atom stereocenters. The van der Waals surface area contributed by atoms with E-state index in [1.165, 1.54) is 0 Å². The molecule has 0 radical (unpaired) electrons. The lowest BCUT2D eigenvalue weighted by molar-refractivity contribution is 0.173. The molecule has 1 aliphatic rings. The molecule has 2 aromatic rings. The van der Waals surface area contributed by atoms with Gasteiger partial charge in [-0.1, -0.05) is 0 Å². The summed E-state index contributed by atoms with van der Waals surface area (Å²) in [6.07, 6.45) is 4.30. The average molecular weight is 343 g/mol. The van der Waals surface area contributed by atoms with Gasteiger partial charge in [0.25, 0.3) is 0 Å². The third-order valence-electron chi connectivity index (χ3n) is 3.82. The maximum absolute atomic E-state index is 12.0. The molecule has 25 heavy (non-hydrogen) atoms. The Labute approximate surface area is 146 Å². The van der Waals surface area contributed by atoms with Crippen LogP contribution < -0.4 is 19.5 Å². The van der Waals surface area contributed by atoms with Gasteiger partial charge in [-0.2, -0.15) is 0 Å². The number of nitrogens with zero attached hydrogens (tertiary/aromatic N) is 2. The number of fused-ring (bicyclic) bond motifs is 1. The van der Waals surface area contributed by atoms with E-state index in [0.717, 1.165) is 17.7 Å². The first kappa shape index (κ1) is 16.9. The van der Waals surface area contributed by atoms with Crippen LogP contribution in [0, 0.1) is 0 Å². The number of hydrogen-bond donors (Lipinski definition) is 1. The van der Waals surface area contributed by atoms with E-state index < -0.39 is 0 Å². The zero-order chi connectivity index (χ0) is 17.5. The molecular weight excluding hydrogens is 322 g/mol. The molecule has 1 aliphatic heterocycles. The van der Waals surface area contributed by atoms with E-state index in [4.69, 9.17) is 14.2 Å². The molecule has 7 nitrogen and oxygen atoms in total. The molecular formula is C18H21N3O4. The summed E-state index contributed by atoms with van der Waals surface area (Å²) < 4.78 is 16.2. The third kappa shape index (κ3) is 4.76. The highest BCUT2D eigenvalue weighted by atomic mass is 16.7. The van der Waals surface area contributed by atoms with Gasteiger partial charge in [0.05, 0.1) is 6.54 Å². The number of likely N-dealkylation sites (N-methyl/N-ethyl adjacent to an activating group) is 1. The maximum atomic E-state index is 12.0. The normalized spacial score (nSPS) is 11.9. The minimum absolute atomic E-state index is 0.122. The fourth-order valence-corrected chi connectivity index (χ4v) is 2.38. The summed E-state index contributed by atoms with van der Waals surface area (Å²) in [7, 11) is 1.77. The molecule has 0 spiro atoms. The lowest BCUT2D eigenvalue weighted by atomic mass is 10.2. The van der Waals surface area contributed by atoms with Crippen LogP contribution in [-0.4, -0.2) is 49.5 Å². The van der Waals surface area contributed by atoms with Crippen molar-refractivity contribution in [1.29, 1.82) is 0 Å². The Morgan fingerprint density at radius 2 is 2.04 bits per heavy atom. The van der Waals surface area contributed by atoms with Crippen LogP contribution in [0.5, 0.6) is 17.2 Å². The van der Waals surface area contributed by atoms with Gasteiger partial charge in [-0.3, -0.25) is 4.98 Å². The second-order valence-electron chi connectivity index (χ2n) is 5.62. The Kier molecular flexibility index (Phi) is 5.56. The molecule has 1 N–H and O–H groups in total. The van der Waals surface area contributed by atoms with Crippen molar-refractivity contribution in [2.75, 3.05) is 33.5 Å². The van der Waals surface area contributed by atoms with E-state index in [0.29, 0.717) is 31.2 Å². The van der Waals surface area contributed by atoms with Crippen LogP contribution in [0.25, 0.3) is 0 Å². The second-order valence-corrected chi connectivity index (χ2v) is 5.62. The van der Waals surface area contributed by atoms with E-state index in [-0.39, 0.29) is 12.8 Å². The predicted molar refractivity (Wildman–Crippen MR) is 92.0 cm³/mol. The summed E-state index contributed by atoms with van der Waals surface area (Å²) >= 11 is 0. The van der Waals surface area contributed by atoms with Crippen LogP contribution in [-0.2, 0) is 6.42 Å². The highest BCUT2D eigenvalue weighted by Gasteiger charge is 2.13. The Hall–Kier alpha value is -2.96. The first-order valence-electron chi connectivity index (χ1n) is 8.13. The smallest absolute Gasteiger partial charge is 0.317 e. The molecule has 0 atom stereocenters. The second kappa shape index (κ2) is 8.23. The Balaban J connectivity index is 1.34. The summed E-state index contributed by atoms with van der Waals surface area (Å²) in [5, 5.41) is 2.83. The van der Waals surface area contributed by atoms with Crippen LogP contribution in [0.4, 0.5) is 4.79 Å². The van der Waals surface area contributed by atoms with Gasteiger partial charge in [0, 0.05) is 32.1 Å². The molecule has 0 fully saturated rings. The standard InChI is InChI=1S/C18H21N3O4/c1-21(10-6-14-4-7-19-8-5-14)18(22)20-9-11-23-15-2-3-16-17(12-15)25-13-24-16/h2-5,7-8,12H,6,9-11,13H2,1H3,(H,20,22). The van der Waals surface area contributed by atoms with Crippen LogP contribution in [0.1, 0.15) is 5.56 Å². The molecule has 1 aromatic carbocycles. The van der Waals surface area contributed by atoms with Crippen molar-refractivity contribution in [3.8, 4) is 17.2 Å². The van der Waals surface area contributed by atoms with Crippen molar-refractivity contribution in [2.24, 2.45) is 0 Å². The molecule has 132 valence electrons. The zero-order valence-corrected chi connectivity index (χ0v) is 14.1. The number of pyridine rings is 1. The quantitative estimate of drug-likeness (QED) is 0.779. The number of rotatable bonds is 7. The number of carbonyl (C=O) groups is 1. The monoisotopic (exact) mass is 343 g/mol. The van der Waals surface area contributed by atoms with E-state index in [2.05, 4.69) is 10.3 Å². The van der Waals surface area contributed by atoms with Crippen molar-refractivity contribution in [3.05, 3.63) is 48.3 Å². The van der Waals surface area contributed by atoms with Crippen molar-refractivity contribution < 1.29 is 19.0 Å². The number of aromatic nitrogens is 1. The van der Waals surface area contributed by atoms with Gasteiger partial charge in [0.2, 0.25) is 6.79 Å². The van der Waals surface area contributed by atoms with Gasteiger partial charge in [0.1, 0.15) is 12.4 Å². The van der Waals surface area contributed by atoms with Gasteiger partial charge in [-0.15, -0.1) is 0 Å². The lowest BCUT2D eigenvalue weighted by Gasteiger charge is -2.18. The first-order chi connectivity index (χ1) is 12.2. The van der Waals surface area contributed by atoms with Crippen LogP contribution >= 0.6 is 0 Å². The Bertz CT molecular complexity index is 709. The van der Waals surface area contributed by atoms with Crippen LogP contribution in [0.2, 0.25) is 0 Å². The van der Waals surface area contributed by atoms with Crippen molar-refractivity contribution in [1.82, 2.24) is 15.2 Å². The number of amides is 2. The van der Waals surface area contributed by atoms with Crippen LogP contribution in [0.3, 0.4) is 0 Å². The van der Waals surface area contributed by atoms with Crippen LogP contribution in [0.15, 0.2) is 42.7 Å².